The SMILES string of the molecule is O=COC(O)[C@@H](O[C@@H]1OC(OC=O)[C@@H](O[C@@H]2O[C@@H](OC=O)[C@@H](O)C(O)C2O)[C@H](O)C1O)C(O)C(O)C(=O)[O-].[Na+]. The van der Waals surface area contributed by atoms with E-state index in [9.17, 15) is 65.1 Å². The molecule has 0 bridgehead atoms. The number of carboxylic acids is 1. The van der Waals surface area contributed by atoms with E-state index >= 15 is 0 Å². The smallest absolute Gasteiger partial charge is 0.547 e. The molecule has 0 spiro atoms. The zero-order valence-corrected chi connectivity index (χ0v) is 21.8. The van der Waals surface area contributed by atoms with E-state index in [2.05, 4.69) is 14.2 Å². The van der Waals surface area contributed by atoms with Crippen molar-refractivity contribution in [2.24, 2.45) is 0 Å². The number of carbonyl (C=O) groups is 4. The fourth-order valence-corrected chi connectivity index (χ4v) is 3.40. The van der Waals surface area contributed by atoms with Gasteiger partial charge < -0.3 is 83.9 Å². The first-order valence-electron chi connectivity index (χ1n) is 10.4. The topological polar surface area (TPSA) is 318 Å². The third-order valence-corrected chi connectivity index (χ3v) is 5.37. The van der Waals surface area contributed by atoms with Gasteiger partial charge >= 0.3 is 29.6 Å². The second kappa shape index (κ2) is 16.0. The molecule has 7 unspecified atom stereocenters. The summed E-state index contributed by atoms with van der Waals surface area (Å²) in [4.78, 5) is 43.0. The summed E-state index contributed by atoms with van der Waals surface area (Å²) in [6, 6.07) is 0. The van der Waals surface area contributed by atoms with Crippen molar-refractivity contribution in [3.05, 3.63) is 0 Å². The van der Waals surface area contributed by atoms with Gasteiger partial charge in [0.15, 0.2) is 24.8 Å². The van der Waals surface area contributed by atoms with E-state index in [0.717, 1.165) is 0 Å². The zero-order valence-electron chi connectivity index (χ0n) is 19.8. The van der Waals surface area contributed by atoms with Crippen molar-refractivity contribution in [2.75, 3.05) is 0 Å². The van der Waals surface area contributed by atoms with Gasteiger partial charge in [-0.05, 0) is 0 Å². The maximum absolute atomic E-state index is 11.0. The molecule has 0 saturated carbocycles. The molecule has 21 heteroatoms. The summed E-state index contributed by atoms with van der Waals surface area (Å²) < 4.78 is 33.5. The summed E-state index contributed by atoms with van der Waals surface area (Å²) in [5.74, 6) is -2.25. The molecule has 2 heterocycles. The average Bonchev–Trinajstić information content (AvgIpc) is 2.88. The summed E-state index contributed by atoms with van der Waals surface area (Å²) in [6.45, 7) is -0.756. The molecule has 2 aliphatic heterocycles. The van der Waals surface area contributed by atoms with E-state index in [1.807, 2.05) is 0 Å². The molecular formula is C18H25NaO20. The summed E-state index contributed by atoms with van der Waals surface area (Å²) in [5.41, 5.74) is 0. The number of ether oxygens (including phenoxy) is 7. The molecule has 2 rings (SSSR count). The molecular weight excluding hydrogens is 559 g/mol. The van der Waals surface area contributed by atoms with Gasteiger partial charge in [0.25, 0.3) is 19.4 Å². The number of hydrogen-bond donors (Lipinski definition) is 8. The summed E-state index contributed by atoms with van der Waals surface area (Å²) in [7, 11) is 0. The molecule has 0 aromatic heterocycles. The summed E-state index contributed by atoms with van der Waals surface area (Å²) >= 11 is 0. The Hall–Kier alpha value is -1.60. The first kappa shape index (κ1) is 35.4. The van der Waals surface area contributed by atoms with Gasteiger partial charge in [0.2, 0.25) is 18.9 Å². The molecule has 2 saturated heterocycles. The molecule has 2 aliphatic rings. The Labute approximate surface area is 239 Å². The van der Waals surface area contributed by atoms with E-state index in [0.29, 0.717) is 0 Å². The van der Waals surface area contributed by atoms with Gasteiger partial charge in [0.1, 0.15) is 42.7 Å². The van der Waals surface area contributed by atoms with Gasteiger partial charge in [-0.1, -0.05) is 0 Å². The van der Waals surface area contributed by atoms with Crippen LogP contribution >= 0.6 is 0 Å². The molecule has 20 nitrogen and oxygen atoms in total. The van der Waals surface area contributed by atoms with Crippen LogP contribution in [0.15, 0.2) is 0 Å². The van der Waals surface area contributed by atoms with Crippen LogP contribution in [0.4, 0.5) is 0 Å². The number of aliphatic carboxylic acids is 1. The van der Waals surface area contributed by atoms with E-state index in [1.165, 1.54) is 0 Å². The van der Waals surface area contributed by atoms with Crippen LogP contribution in [0.3, 0.4) is 0 Å². The van der Waals surface area contributed by atoms with E-state index in [4.69, 9.17) is 18.9 Å². The predicted molar refractivity (Wildman–Crippen MR) is 102 cm³/mol. The normalized spacial score (nSPS) is 37.6. The van der Waals surface area contributed by atoms with Crippen LogP contribution in [0.25, 0.3) is 0 Å². The molecule has 0 aliphatic carbocycles. The monoisotopic (exact) mass is 584 g/mol. The molecule has 0 aromatic rings. The summed E-state index contributed by atoms with van der Waals surface area (Å²) in [5, 5.41) is 91.2. The number of aliphatic hydroxyl groups excluding tert-OH is 8. The number of rotatable bonds is 14. The van der Waals surface area contributed by atoms with Crippen molar-refractivity contribution in [3.8, 4) is 0 Å². The standard InChI is InChI=1S/C18H26O20.Na/c19-1-32-14(31)11(5(23)7(25)13(29)30)35-17-10(28)6(24)12(18(38-17)34-3-21)36-16-9(27)4(22)8(26)15(37-16)33-2-20;/h1-12,14-18,22-28,31H,(H,29,30);/q;+1/p-1/t4?,5?,6-,7?,8+,9?,10?,11+,12+,14?,15-,16-,17-,18?;/m1./s1. The summed E-state index contributed by atoms with van der Waals surface area (Å²) in [6.07, 6.45) is -30.9. The Morgan fingerprint density at radius 1 is 0.744 bits per heavy atom. The van der Waals surface area contributed by atoms with E-state index in [-0.39, 0.29) is 49.0 Å². The van der Waals surface area contributed by atoms with Gasteiger partial charge in [-0.3, -0.25) is 14.4 Å². The fourth-order valence-electron chi connectivity index (χ4n) is 3.40. The van der Waals surface area contributed by atoms with Crippen molar-refractivity contribution < 1.29 is 128 Å². The molecule has 2 fully saturated rings. The third kappa shape index (κ3) is 8.45. The number of carboxylic acid groups (broad SMARTS) is 1. The minimum atomic E-state index is -2.73. The Balaban J connectivity index is 0.00000760. The van der Waals surface area contributed by atoms with Crippen molar-refractivity contribution >= 4 is 25.4 Å². The fraction of sp³-hybridized carbons (Fsp3) is 0.778. The molecule has 8 N–H and O–H groups in total. The van der Waals surface area contributed by atoms with Gasteiger partial charge in [-0.2, -0.15) is 0 Å². The van der Waals surface area contributed by atoms with Gasteiger partial charge in [0, 0.05) is 0 Å². The Morgan fingerprint density at radius 2 is 1.26 bits per heavy atom. The minimum absolute atomic E-state index is 0. The van der Waals surface area contributed by atoms with Crippen molar-refractivity contribution in [3.63, 3.8) is 0 Å². The molecule has 0 aromatic carbocycles. The molecule has 0 amide bonds. The predicted octanol–water partition coefficient (Wildman–Crippen LogP) is -11.8. The molecule has 218 valence electrons. The number of hydrogen-bond acceptors (Lipinski definition) is 20. The quantitative estimate of drug-likeness (QED) is 0.0406. The van der Waals surface area contributed by atoms with Gasteiger partial charge in [0.05, 0.1) is 5.97 Å². The van der Waals surface area contributed by atoms with Crippen LogP contribution in [0.2, 0.25) is 0 Å². The van der Waals surface area contributed by atoms with Crippen molar-refractivity contribution in [1.82, 2.24) is 0 Å². The maximum atomic E-state index is 11.0. The molecule has 0 radical (unpaired) electrons. The van der Waals surface area contributed by atoms with Crippen LogP contribution in [-0.2, 0) is 52.3 Å². The van der Waals surface area contributed by atoms with Crippen LogP contribution < -0.4 is 34.7 Å². The van der Waals surface area contributed by atoms with Gasteiger partial charge in [-0.15, -0.1) is 0 Å². The van der Waals surface area contributed by atoms with Crippen molar-refractivity contribution in [1.29, 1.82) is 0 Å². The Bertz CT molecular complexity index is 803. The minimum Gasteiger partial charge on any atom is -0.547 e. The maximum Gasteiger partial charge on any atom is 1.00 e. The average molecular weight is 584 g/mol. The van der Waals surface area contributed by atoms with Crippen LogP contribution in [-0.4, -0.2) is 153 Å². The van der Waals surface area contributed by atoms with Gasteiger partial charge in [-0.25, -0.2) is 0 Å². The van der Waals surface area contributed by atoms with Crippen LogP contribution in [0.1, 0.15) is 0 Å². The second-order valence-electron chi connectivity index (χ2n) is 7.74. The van der Waals surface area contributed by atoms with E-state index in [1.54, 1.807) is 0 Å². The zero-order chi connectivity index (χ0) is 28.7. The van der Waals surface area contributed by atoms with Crippen LogP contribution in [0, 0.1) is 0 Å². The number of aliphatic hydroxyl groups is 8. The molecule has 39 heavy (non-hydrogen) atoms. The van der Waals surface area contributed by atoms with Crippen molar-refractivity contribution in [2.45, 2.75) is 86.4 Å². The van der Waals surface area contributed by atoms with Crippen LogP contribution in [0.5, 0.6) is 0 Å². The second-order valence-corrected chi connectivity index (χ2v) is 7.74. The first-order chi connectivity index (χ1) is 17.9. The number of carbonyl (C=O) groups excluding carboxylic acids is 4. The first-order valence-corrected chi connectivity index (χ1v) is 10.4. The third-order valence-electron chi connectivity index (χ3n) is 5.37. The largest absolute Gasteiger partial charge is 1.00 e. The Morgan fingerprint density at radius 3 is 1.79 bits per heavy atom. The van der Waals surface area contributed by atoms with E-state index < -0.39 is 92.4 Å². The Kier molecular flexibility index (Phi) is 14.5. The molecule has 14 atom stereocenters.